The Bertz CT molecular complexity index is 1310. The highest BCUT2D eigenvalue weighted by Gasteiger charge is 2.23. The number of hydrogen-bond donors (Lipinski definition) is 1. The number of benzene rings is 1. The number of hydrogen-bond acceptors (Lipinski definition) is 5. The van der Waals surface area contributed by atoms with E-state index in [0.29, 0.717) is 27.2 Å². The number of rotatable bonds is 2. The van der Waals surface area contributed by atoms with E-state index in [2.05, 4.69) is 9.97 Å². The second-order valence-corrected chi connectivity index (χ2v) is 7.11. The van der Waals surface area contributed by atoms with Gasteiger partial charge in [-0.15, -0.1) is 11.3 Å². The molecule has 0 aliphatic rings. The third-order valence-electron chi connectivity index (χ3n) is 4.36. The first-order valence-electron chi connectivity index (χ1n) is 7.98. The summed E-state index contributed by atoms with van der Waals surface area (Å²) in [5, 5.41) is 10.0. The highest BCUT2D eigenvalue weighted by Crippen LogP contribution is 2.43. The van der Waals surface area contributed by atoms with Gasteiger partial charge >= 0.3 is 0 Å². The summed E-state index contributed by atoms with van der Waals surface area (Å²) < 4.78 is 54.5. The molecule has 140 valence electrons. The fourth-order valence-corrected chi connectivity index (χ4v) is 4.42. The average Bonchev–Trinajstić information content (AvgIpc) is 2.99. The topological polar surface area (TPSA) is 75.6 Å². The lowest BCUT2D eigenvalue weighted by Gasteiger charge is -2.09. The maximum absolute atomic E-state index is 14.5. The van der Waals surface area contributed by atoms with Gasteiger partial charge in [-0.2, -0.15) is 5.26 Å². The number of aromatic nitrogens is 2. The Balaban J connectivity index is 2.19. The van der Waals surface area contributed by atoms with Crippen LogP contribution in [0.4, 0.5) is 23.4 Å². The van der Waals surface area contributed by atoms with Crippen molar-refractivity contribution in [3.05, 3.63) is 52.7 Å². The summed E-state index contributed by atoms with van der Waals surface area (Å²) in [6.45, 7) is 1.64. The number of thiophene rings is 1. The van der Waals surface area contributed by atoms with Crippen molar-refractivity contribution in [1.29, 1.82) is 5.26 Å². The van der Waals surface area contributed by atoms with Crippen molar-refractivity contribution in [2.45, 2.75) is 13.3 Å². The van der Waals surface area contributed by atoms with Crippen LogP contribution in [0.1, 0.15) is 23.2 Å². The summed E-state index contributed by atoms with van der Waals surface area (Å²) in [5.74, 6) is -1.78. The van der Waals surface area contributed by atoms with Gasteiger partial charge in [0.2, 0.25) is 0 Å². The molecule has 2 N–H and O–H groups in total. The Morgan fingerprint density at radius 2 is 1.93 bits per heavy atom. The Hall–Kier alpha value is -3.25. The van der Waals surface area contributed by atoms with Crippen molar-refractivity contribution in [2.75, 3.05) is 5.73 Å². The molecule has 28 heavy (non-hydrogen) atoms. The van der Waals surface area contributed by atoms with E-state index >= 15 is 0 Å². The largest absolute Gasteiger partial charge is 0.383 e. The average molecular weight is 402 g/mol. The molecule has 9 heteroatoms. The number of nitriles is 1. The third kappa shape index (κ3) is 2.65. The molecule has 0 spiro atoms. The van der Waals surface area contributed by atoms with Crippen molar-refractivity contribution in [2.24, 2.45) is 0 Å². The zero-order valence-electron chi connectivity index (χ0n) is 14.2. The normalized spacial score (nSPS) is 11.5. The van der Waals surface area contributed by atoms with Gasteiger partial charge in [0.05, 0.1) is 10.2 Å². The van der Waals surface area contributed by atoms with Crippen molar-refractivity contribution >= 4 is 37.6 Å². The number of aryl methyl sites for hydroxylation is 1. The molecule has 4 nitrogen and oxygen atoms in total. The number of anilines is 1. The number of halogens is 4. The number of pyridine rings is 2. The van der Waals surface area contributed by atoms with Gasteiger partial charge in [-0.1, -0.05) is 0 Å². The molecule has 3 heterocycles. The molecule has 0 fully saturated rings. The van der Waals surface area contributed by atoms with Gasteiger partial charge in [0.25, 0.3) is 6.43 Å². The van der Waals surface area contributed by atoms with Gasteiger partial charge in [0.1, 0.15) is 39.6 Å². The number of nitrogens with two attached hydrogens (primary N) is 1. The van der Waals surface area contributed by atoms with Crippen LogP contribution in [0.25, 0.3) is 31.6 Å². The molecule has 4 rings (SSSR count). The zero-order valence-corrected chi connectivity index (χ0v) is 15.0. The number of fused-ring (bicyclic) bond motifs is 3. The van der Waals surface area contributed by atoms with Crippen LogP contribution < -0.4 is 5.73 Å². The monoisotopic (exact) mass is 402 g/mol. The van der Waals surface area contributed by atoms with Crippen molar-refractivity contribution in [3.63, 3.8) is 0 Å². The van der Waals surface area contributed by atoms with Gasteiger partial charge < -0.3 is 5.73 Å². The fraction of sp³-hybridized carbons (Fsp3) is 0.105. The van der Waals surface area contributed by atoms with Gasteiger partial charge in [0, 0.05) is 22.6 Å². The summed E-state index contributed by atoms with van der Waals surface area (Å²) in [7, 11) is 0. The third-order valence-corrected chi connectivity index (χ3v) is 5.45. The second-order valence-electron chi connectivity index (χ2n) is 6.11. The van der Waals surface area contributed by atoms with E-state index < -0.39 is 18.1 Å². The lowest BCUT2D eigenvalue weighted by molar-refractivity contribution is 0.146. The molecule has 0 saturated heterocycles. The molecule has 0 amide bonds. The minimum atomic E-state index is -2.75. The molecule has 3 aromatic heterocycles. The number of alkyl halides is 2. The highest BCUT2D eigenvalue weighted by molar-refractivity contribution is 7.26. The maximum atomic E-state index is 14.5. The van der Waals surface area contributed by atoms with E-state index in [1.54, 1.807) is 6.92 Å². The lowest BCUT2D eigenvalue weighted by Crippen LogP contribution is -1.99. The molecule has 1 aromatic carbocycles. The molecule has 0 atom stereocenters. The molecule has 0 saturated carbocycles. The number of nitrogens with zero attached hydrogens (tertiary/aromatic N) is 3. The summed E-state index contributed by atoms with van der Waals surface area (Å²) in [5.41, 5.74) is 6.42. The van der Waals surface area contributed by atoms with Gasteiger partial charge in [-0.25, -0.2) is 27.5 Å². The summed E-state index contributed by atoms with van der Waals surface area (Å²) in [6, 6.07) is 6.13. The predicted octanol–water partition coefficient (Wildman–Crippen LogP) is 5.49. The number of nitrogen functional groups attached to an aromatic ring is 1. The molecule has 0 unspecified atom stereocenters. The molecule has 0 aliphatic carbocycles. The van der Waals surface area contributed by atoms with Crippen LogP contribution in [0.15, 0.2) is 24.3 Å². The summed E-state index contributed by atoms with van der Waals surface area (Å²) in [4.78, 5) is 8.50. The molecule has 4 aromatic rings. The van der Waals surface area contributed by atoms with Gasteiger partial charge in [-0.3, -0.25) is 0 Å². The van der Waals surface area contributed by atoms with E-state index in [1.165, 1.54) is 12.1 Å². The Morgan fingerprint density at radius 3 is 2.57 bits per heavy atom. The molecule has 0 bridgehead atoms. The van der Waals surface area contributed by atoms with E-state index in [9.17, 15) is 22.8 Å². The Labute approximate surface area is 159 Å². The van der Waals surface area contributed by atoms with E-state index in [1.807, 2.05) is 6.07 Å². The van der Waals surface area contributed by atoms with Crippen LogP contribution in [-0.2, 0) is 0 Å². The van der Waals surface area contributed by atoms with Crippen LogP contribution in [0.5, 0.6) is 0 Å². The summed E-state index contributed by atoms with van der Waals surface area (Å²) >= 11 is 1.01. The molecule has 0 radical (unpaired) electrons. The Kier molecular flexibility index (Phi) is 4.16. The van der Waals surface area contributed by atoms with Crippen LogP contribution in [0, 0.1) is 29.9 Å². The van der Waals surface area contributed by atoms with Crippen molar-refractivity contribution in [3.8, 4) is 17.2 Å². The standard InChI is InChI=1S/C19H10F4N4S/c1-7-4-12(17(22)23)26-19-13(7)15-16(28-19)14(10(6-24)18(25)27-15)9-3-2-8(20)5-11(9)21/h2-5,17H,1H3,(H2,25,27). The lowest BCUT2D eigenvalue weighted by atomic mass is 9.99. The van der Waals surface area contributed by atoms with E-state index in [0.717, 1.165) is 17.4 Å². The maximum Gasteiger partial charge on any atom is 0.280 e. The minimum absolute atomic E-state index is 0.0321. The van der Waals surface area contributed by atoms with Crippen LogP contribution in [-0.4, -0.2) is 9.97 Å². The minimum Gasteiger partial charge on any atom is -0.383 e. The van der Waals surface area contributed by atoms with Crippen molar-refractivity contribution < 1.29 is 17.6 Å². The van der Waals surface area contributed by atoms with Crippen LogP contribution in [0.3, 0.4) is 0 Å². The quantitative estimate of drug-likeness (QED) is 0.450. The zero-order chi connectivity index (χ0) is 20.2. The Morgan fingerprint density at radius 1 is 1.18 bits per heavy atom. The van der Waals surface area contributed by atoms with E-state index in [4.69, 9.17) is 5.73 Å². The first-order chi connectivity index (χ1) is 13.3. The summed E-state index contributed by atoms with van der Waals surface area (Å²) in [6.07, 6.45) is -2.75. The van der Waals surface area contributed by atoms with E-state index in [-0.39, 0.29) is 33.0 Å². The molecular weight excluding hydrogens is 392 g/mol. The van der Waals surface area contributed by atoms with Gasteiger partial charge in [0.15, 0.2) is 0 Å². The van der Waals surface area contributed by atoms with Crippen LogP contribution in [0.2, 0.25) is 0 Å². The SMILES string of the molecule is Cc1cc(C(F)F)nc2sc3c(-c4ccc(F)cc4F)c(C#N)c(N)nc3c12. The predicted molar refractivity (Wildman–Crippen MR) is 99.1 cm³/mol. The first-order valence-corrected chi connectivity index (χ1v) is 8.80. The molecule has 0 aliphatic heterocycles. The molecular formula is C19H10F4N4S. The highest BCUT2D eigenvalue weighted by atomic mass is 32.1. The fourth-order valence-electron chi connectivity index (χ4n) is 3.16. The first kappa shape index (κ1) is 18.1. The smallest absolute Gasteiger partial charge is 0.280 e. The van der Waals surface area contributed by atoms with Gasteiger partial charge in [-0.05, 0) is 30.7 Å². The van der Waals surface area contributed by atoms with Crippen molar-refractivity contribution in [1.82, 2.24) is 9.97 Å². The second kappa shape index (κ2) is 6.42. The van der Waals surface area contributed by atoms with Crippen LogP contribution >= 0.6 is 11.3 Å².